The average molecular weight is 625 g/mol. The summed E-state index contributed by atoms with van der Waals surface area (Å²) in [4.78, 5) is 14.9. The average Bonchev–Trinajstić information content (AvgIpc) is 3.02. The van der Waals surface area contributed by atoms with Crippen LogP contribution in [-0.2, 0) is 0 Å². The molecular formula is C37H36N6SSi. The zero-order chi connectivity index (χ0) is 31.1. The largest absolute Gasteiger partial charge is 0.357 e. The molecular weight excluding hydrogens is 589 g/mol. The minimum atomic E-state index is -1.78. The molecule has 6 aromatic carbocycles. The Labute approximate surface area is 269 Å². The molecule has 1 aromatic heterocycles. The van der Waals surface area contributed by atoms with Crippen molar-refractivity contribution in [1.29, 1.82) is 0 Å². The molecule has 0 aliphatic heterocycles. The molecule has 0 saturated carbocycles. The van der Waals surface area contributed by atoms with E-state index in [-0.39, 0.29) is 0 Å². The Morgan fingerprint density at radius 3 is 1.87 bits per heavy atom. The van der Waals surface area contributed by atoms with Crippen molar-refractivity contribution < 1.29 is 0 Å². The van der Waals surface area contributed by atoms with Crippen LogP contribution in [0.15, 0.2) is 102 Å². The lowest BCUT2D eigenvalue weighted by molar-refractivity contribution is 1.06. The van der Waals surface area contributed by atoms with Crippen molar-refractivity contribution >= 4 is 86.6 Å². The van der Waals surface area contributed by atoms with Gasteiger partial charge in [0.1, 0.15) is 0 Å². The highest BCUT2D eigenvalue weighted by Gasteiger charge is 2.27. The van der Waals surface area contributed by atoms with E-state index in [0.29, 0.717) is 17.8 Å². The molecule has 0 fully saturated rings. The van der Waals surface area contributed by atoms with Crippen LogP contribution in [0.25, 0.3) is 32.3 Å². The first-order valence-corrected chi connectivity index (χ1v) is 19.4. The molecule has 0 atom stereocenters. The van der Waals surface area contributed by atoms with Crippen LogP contribution >= 0.6 is 11.8 Å². The van der Waals surface area contributed by atoms with Crippen molar-refractivity contribution in [1.82, 2.24) is 15.0 Å². The van der Waals surface area contributed by atoms with Crippen molar-refractivity contribution in [3.8, 4) is 0 Å². The third-order valence-corrected chi connectivity index (χ3v) is 14.3. The second kappa shape index (κ2) is 11.7. The Bertz CT molecular complexity index is 2130. The van der Waals surface area contributed by atoms with Crippen LogP contribution in [0.5, 0.6) is 0 Å². The van der Waals surface area contributed by atoms with E-state index in [4.69, 9.17) is 0 Å². The second-order valence-electron chi connectivity index (χ2n) is 12.3. The quantitative estimate of drug-likeness (QED) is 0.0840. The Morgan fingerprint density at radius 2 is 1.20 bits per heavy atom. The summed E-state index contributed by atoms with van der Waals surface area (Å²) in [7, 11) is 0.0260. The minimum absolute atomic E-state index is 0.476. The Kier molecular flexibility index (Phi) is 7.55. The first-order chi connectivity index (χ1) is 21.8. The van der Waals surface area contributed by atoms with E-state index >= 15 is 0 Å². The number of nitrogens with one attached hydrogen (secondary N) is 3. The smallest absolute Gasteiger partial charge is 0.233 e. The zero-order valence-corrected chi connectivity index (χ0v) is 28.0. The van der Waals surface area contributed by atoms with Crippen LogP contribution in [0.3, 0.4) is 0 Å². The standard InChI is InChI=1S/C37H36N6SSi/c1-23-19-24(2)21-29(20-23)40-37-42-35(38-3)41-36(43-37)39-28-13-15-30(16-14-28)44-22-45(4,5)32-18-12-27-10-9-25-7-6-8-26-11-17-31(32)34(27)33(25)26/h6-21H,22H2,1-5H3,(H3,38,39,40,41,42,43). The number of hydrogen-bond donors (Lipinski definition) is 3. The Morgan fingerprint density at radius 1 is 0.622 bits per heavy atom. The molecule has 0 aliphatic carbocycles. The predicted molar refractivity (Wildman–Crippen MR) is 196 cm³/mol. The first-order valence-electron chi connectivity index (χ1n) is 15.2. The third-order valence-electron chi connectivity index (χ3n) is 8.30. The third kappa shape index (κ3) is 5.91. The van der Waals surface area contributed by atoms with E-state index in [1.807, 2.05) is 11.8 Å². The summed E-state index contributed by atoms with van der Waals surface area (Å²) in [6.07, 6.45) is 0. The van der Waals surface area contributed by atoms with E-state index in [9.17, 15) is 0 Å². The lowest BCUT2D eigenvalue weighted by Crippen LogP contribution is -2.44. The van der Waals surface area contributed by atoms with Crippen molar-refractivity contribution in [2.24, 2.45) is 0 Å². The summed E-state index contributed by atoms with van der Waals surface area (Å²) < 4.78 is 0. The maximum absolute atomic E-state index is 4.63. The topological polar surface area (TPSA) is 74.8 Å². The fraction of sp³-hybridized carbons (Fsp3) is 0.162. The molecule has 1 heterocycles. The van der Waals surface area contributed by atoms with Gasteiger partial charge in [0.25, 0.3) is 0 Å². The molecule has 0 amide bonds. The Hall–Kier alpha value is -4.66. The normalized spacial score (nSPS) is 11.8. The van der Waals surface area contributed by atoms with E-state index in [2.05, 4.69) is 155 Å². The SMILES string of the molecule is CNc1nc(Nc2ccc(SC[Si](C)(C)c3ccc4ccc5cccc6ccc3c4c56)cc2)nc(Nc2cc(C)cc(C)c2)n1. The molecule has 0 radical (unpaired) electrons. The number of aryl methyl sites for hydroxylation is 2. The summed E-state index contributed by atoms with van der Waals surface area (Å²) in [5.74, 6) is 1.45. The Balaban J connectivity index is 1.07. The van der Waals surface area contributed by atoms with Gasteiger partial charge in [-0.25, -0.2) is 0 Å². The number of nitrogens with zero attached hydrogens (tertiary/aromatic N) is 3. The van der Waals surface area contributed by atoms with E-state index in [1.165, 1.54) is 53.5 Å². The molecule has 0 spiro atoms. The van der Waals surface area contributed by atoms with Gasteiger partial charge in [-0.3, -0.25) is 0 Å². The molecule has 7 aromatic rings. The summed E-state index contributed by atoms with van der Waals surface area (Å²) in [5.41, 5.74) is 4.23. The van der Waals surface area contributed by atoms with E-state index in [1.54, 1.807) is 7.05 Å². The van der Waals surface area contributed by atoms with Crippen molar-refractivity contribution in [2.75, 3.05) is 28.4 Å². The lowest BCUT2D eigenvalue weighted by atomic mass is 9.94. The van der Waals surface area contributed by atoms with Gasteiger partial charge in [-0.05, 0) is 99.1 Å². The van der Waals surface area contributed by atoms with Gasteiger partial charge in [0.15, 0.2) is 0 Å². The van der Waals surface area contributed by atoms with Crippen LogP contribution in [-0.4, -0.2) is 35.4 Å². The number of hydrogen-bond acceptors (Lipinski definition) is 7. The van der Waals surface area contributed by atoms with Gasteiger partial charge in [0, 0.05) is 23.3 Å². The van der Waals surface area contributed by atoms with Crippen molar-refractivity contribution in [3.63, 3.8) is 0 Å². The maximum atomic E-state index is 4.63. The number of thioether (sulfide) groups is 1. The molecule has 45 heavy (non-hydrogen) atoms. The molecule has 224 valence electrons. The predicted octanol–water partition coefficient (Wildman–Crippen LogP) is 9.16. The van der Waals surface area contributed by atoms with E-state index in [0.717, 1.165) is 16.8 Å². The fourth-order valence-corrected chi connectivity index (χ4v) is 10.7. The highest BCUT2D eigenvalue weighted by Crippen LogP contribution is 2.35. The number of rotatable bonds is 9. The molecule has 0 unspecified atom stereocenters. The zero-order valence-electron chi connectivity index (χ0n) is 26.2. The van der Waals surface area contributed by atoms with Crippen LogP contribution in [0.1, 0.15) is 11.1 Å². The summed E-state index contributed by atoms with van der Waals surface area (Å²) in [6.45, 7) is 9.14. The second-order valence-corrected chi connectivity index (χ2v) is 18.6. The molecule has 0 bridgehead atoms. The van der Waals surface area contributed by atoms with Crippen LogP contribution < -0.4 is 21.1 Å². The molecule has 0 aliphatic rings. The van der Waals surface area contributed by atoms with Gasteiger partial charge in [-0.2, -0.15) is 15.0 Å². The molecule has 6 nitrogen and oxygen atoms in total. The number of benzene rings is 6. The molecule has 8 heteroatoms. The van der Waals surface area contributed by atoms with Crippen molar-refractivity contribution in [3.05, 3.63) is 108 Å². The number of anilines is 5. The van der Waals surface area contributed by atoms with Gasteiger partial charge < -0.3 is 16.0 Å². The monoisotopic (exact) mass is 624 g/mol. The van der Waals surface area contributed by atoms with Gasteiger partial charge in [-0.1, -0.05) is 78.9 Å². The van der Waals surface area contributed by atoms with Crippen LogP contribution in [0.2, 0.25) is 13.1 Å². The van der Waals surface area contributed by atoms with Gasteiger partial charge in [-0.15, -0.1) is 11.8 Å². The molecule has 0 saturated heterocycles. The number of aromatic nitrogens is 3. The lowest BCUT2D eigenvalue weighted by Gasteiger charge is -2.26. The van der Waals surface area contributed by atoms with Crippen LogP contribution in [0.4, 0.5) is 29.2 Å². The van der Waals surface area contributed by atoms with Gasteiger partial charge >= 0.3 is 0 Å². The summed E-state index contributed by atoms with van der Waals surface area (Å²) in [5, 5.41) is 20.5. The van der Waals surface area contributed by atoms with Gasteiger partial charge in [0.05, 0.1) is 8.07 Å². The highest BCUT2D eigenvalue weighted by atomic mass is 32.2. The highest BCUT2D eigenvalue weighted by molar-refractivity contribution is 8.01. The maximum Gasteiger partial charge on any atom is 0.233 e. The van der Waals surface area contributed by atoms with Crippen LogP contribution in [0, 0.1) is 13.8 Å². The summed E-state index contributed by atoms with van der Waals surface area (Å²) in [6, 6.07) is 35.3. The van der Waals surface area contributed by atoms with Gasteiger partial charge in [0.2, 0.25) is 17.8 Å². The molecule has 7 rings (SSSR count). The van der Waals surface area contributed by atoms with E-state index < -0.39 is 8.07 Å². The molecule has 3 N–H and O–H groups in total. The summed E-state index contributed by atoms with van der Waals surface area (Å²) >= 11 is 1.94. The minimum Gasteiger partial charge on any atom is -0.357 e. The fourth-order valence-electron chi connectivity index (χ4n) is 6.21. The first kappa shape index (κ1) is 29.1. The van der Waals surface area contributed by atoms with Crippen molar-refractivity contribution in [2.45, 2.75) is 31.8 Å².